The van der Waals surface area contributed by atoms with Gasteiger partial charge in [0.15, 0.2) is 5.69 Å². The molecule has 4 rings (SSSR count). The number of hydrogen-bond donors (Lipinski definition) is 0. The number of benzene rings is 2. The summed E-state index contributed by atoms with van der Waals surface area (Å²) in [4.78, 5) is 0. The third kappa shape index (κ3) is 3.72. The van der Waals surface area contributed by atoms with Crippen molar-refractivity contribution in [1.29, 1.82) is 0 Å². The average Bonchev–Trinajstić information content (AvgIpc) is 2.84. The lowest BCUT2D eigenvalue weighted by molar-refractivity contribution is -0.692. The van der Waals surface area contributed by atoms with Gasteiger partial charge in [0.2, 0.25) is 0 Å². The van der Waals surface area contributed by atoms with Gasteiger partial charge in [-0.1, -0.05) is 17.7 Å². The van der Waals surface area contributed by atoms with Crippen molar-refractivity contribution in [3.05, 3.63) is 66.1 Å². The van der Waals surface area contributed by atoms with Gasteiger partial charge in [0.25, 0.3) is 5.82 Å². The predicted octanol–water partition coefficient (Wildman–Crippen LogP) is 5.07. The Bertz CT molecular complexity index is 915. The van der Waals surface area contributed by atoms with Crippen molar-refractivity contribution in [1.82, 2.24) is 4.57 Å². The first-order valence-electron chi connectivity index (χ1n) is 9.38. The molecular weight excluding hydrogens is 346 g/mol. The fraction of sp³-hybridized carbons (Fsp3) is 0.318. The van der Waals surface area contributed by atoms with Gasteiger partial charge >= 0.3 is 6.61 Å². The summed E-state index contributed by atoms with van der Waals surface area (Å²) in [7, 11) is 0. The second kappa shape index (κ2) is 7.51. The maximum Gasteiger partial charge on any atom is 0.387 e. The van der Waals surface area contributed by atoms with Crippen LogP contribution in [0.2, 0.25) is 0 Å². The van der Waals surface area contributed by atoms with Crippen molar-refractivity contribution < 1.29 is 18.1 Å². The molecule has 0 amide bonds. The van der Waals surface area contributed by atoms with Crippen LogP contribution in [0.25, 0.3) is 16.9 Å². The molecule has 27 heavy (non-hydrogen) atoms. The van der Waals surface area contributed by atoms with Crippen molar-refractivity contribution >= 4 is 0 Å². The summed E-state index contributed by atoms with van der Waals surface area (Å²) in [6.45, 7) is 0.256. The van der Waals surface area contributed by atoms with Crippen molar-refractivity contribution in [3.8, 4) is 22.7 Å². The predicted molar refractivity (Wildman–Crippen MR) is 100 cm³/mol. The Labute approximate surface area is 157 Å². The lowest BCUT2D eigenvalue weighted by Gasteiger charge is -2.05. The molecule has 0 radical (unpaired) electrons. The smallest absolute Gasteiger partial charge is 0.387 e. The van der Waals surface area contributed by atoms with Crippen molar-refractivity contribution in [3.63, 3.8) is 0 Å². The molecule has 0 spiro atoms. The maximum absolute atomic E-state index is 12.4. The van der Waals surface area contributed by atoms with Crippen molar-refractivity contribution in [2.75, 3.05) is 0 Å². The highest BCUT2D eigenvalue weighted by Gasteiger charge is 2.26. The molecule has 0 N–H and O–H groups in total. The summed E-state index contributed by atoms with van der Waals surface area (Å²) in [5, 5.41) is 0. The van der Waals surface area contributed by atoms with Crippen LogP contribution in [0.1, 0.15) is 30.7 Å². The van der Waals surface area contributed by atoms with Crippen LogP contribution in [0.5, 0.6) is 5.75 Å². The minimum absolute atomic E-state index is 0.183. The molecule has 1 aromatic heterocycles. The minimum Gasteiger partial charge on any atom is -0.435 e. The van der Waals surface area contributed by atoms with Crippen molar-refractivity contribution in [2.24, 2.45) is 0 Å². The van der Waals surface area contributed by atoms with Gasteiger partial charge in [-0.3, -0.25) is 0 Å². The highest BCUT2D eigenvalue weighted by molar-refractivity contribution is 5.58. The van der Waals surface area contributed by atoms with Gasteiger partial charge in [-0.05, 0) is 62.6 Å². The molecule has 2 aromatic carbocycles. The van der Waals surface area contributed by atoms with E-state index in [1.165, 1.54) is 24.2 Å². The first-order chi connectivity index (χ1) is 13.1. The quantitative estimate of drug-likeness (QED) is 0.587. The second-order valence-electron chi connectivity index (χ2n) is 7.00. The van der Waals surface area contributed by atoms with E-state index in [-0.39, 0.29) is 5.75 Å². The molecule has 0 fully saturated rings. The SMILES string of the molecule is Cc1ccc(-n2cc(-c3ccc(OC(F)F)cc3)[n+]3c2CCCCC3)cc1. The van der Waals surface area contributed by atoms with E-state index >= 15 is 0 Å². The van der Waals surface area contributed by atoms with Gasteiger partial charge in [0.1, 0.15) is 17.6 Å². The number of fused-ring (bicyclic) bond motifs is 1. The molecule has 3 nitrogen and oxygen atoms in total. The van der Waals surface area contributed by atoms with Crippen LogP contribution in [0, 0.1) is 6.92 Å². The topological polar surface area (TPSA) is 18.0 Å². The number of imidazole rings is 1. The number of nitrogens with zero attached hydrogens (tertiary/aromatic N) is 2. The van der Waals surface area contributed by atoms with Gasteiger partial charge in [0, 0.05) is 12.0 Å². The van der Waals surface area contributed by atoms with E-state index in [4.69, 9.17) is 0 Å². The van der Waals surface area contributed by atoms with Gasteiger partial charge < -0.3 is 4.74 Å². The third-order valence-electron chi connectivity index (χ3n) is 5.10. The molecule has 0 bridgehead atoms. The van der Waals surface area contributed by atoms with Gasteiger partial charge in [-0.2, -0.15) is 13.3 Å². The lowest BCUT2D eigenvalue weighted by atomic mass is 10.1. The molecule has 1 aliphatic rings. The van der Waals surface area contributed by atoms with Crippen molar-refractivity contribution in [2.45, 2.75) is 45.8 Å². The number of rotatable bonds is 4. The fourth-order valence-corrected chi connectivity index (χ4v) is 3.74. The molecule has 1 aliphatic heterocycles. The highest BCUT2D eigenvalue weighted by Crippen LogP contribution is 2.26. The highest BCUT2D eigenvalue weighted by atomic mass is 19.3. The molecule has 2 heterocycles. The van der Waals surface area contributed by atoms with E-state index < -0.39 is 6.61 Å². The second-order valence-corrected chi connectivity index (χ2v) is 7.00. The van der Waals surface area contributed by atoms with E-state index in [0.29, 0.717) is 0 Å². The number of ether oxygens (including phenoxy) is 1. The summed E-state index contributed by atoms with van der Waals surface area (Å²) in [5.74, 6) is 1.47. The summed E-state index contributed by atoms with van der Waals surface area (Å²) in [5.41, 5.74) is 4.50. The molecule has 0 saturated carbocycles. The summed E-state index contributed by atoms with van der Waals surface area (Å²) in [6.07, 6.45) is 6.73. The lowest BCUT2D eigenvalue weighted by Crippen LogP contribution is -2.38. The van der Waals surface area contributed by atoms with E-state index in [0.717, 1.165) is 36.3 Å². The number of halogens is 2. The Balaban J connectivity index is 1.77. The Hall–Kier alpha value is -2.69. The molecular formula is C22H23F2N2O+. The minimum atomic E-state index is -2.80. The van der Waals surface area contributed by atoms with E-state index in [9.17, 15) is 8.78 Å². The van der Waals surface area contributed by atoms with Crippen LogP contribution in [0.3, 0.4) is 0 Å². The zero-order chi connectivity index (χ0) is 18.8. The molecule has 0 saturated heterocycles. The molecule has 5 heteroatoms. The van der Waals surface area contributed by atoms with Gasteiger partial charge in [-0.25, -0.2) is 4.57 Å². The Kier molecular flexibility index (Phi) is 4.92. The fourth-order valence-electron chi connectivity index (χ4n) is 3.74. The first kappa shape index (κ1) is 17.7. The summed E-state index contributed by atoms with van der Waals surface area (Å²) >= 11 is 0. The Morgan fingerprint density at radius 3 is 2.41 bits per heavy atom. The number of hydrogen-bond acceptors (Lipinski definition) is 1. The van der Waals surface area contributed by atoms with Crippen LogP contribution < -0.4 is 9.30 Å². The van der Waals surface area contributed by atoms with Crippen LogP contribution >= 0.6 is 0 Å². The molecule has 0 unspecified atom stereocenters. The average molecular weight is 369 g/mol. The summed E-state index contributed by atoms with van der Waals surface area (Å²) in [6, 6.07) is 15.4. The van der Waals surface area contributed by atoms with Crippen LogP contribution in [0.15, 0.2) is 54.7 Å². The molecule has 140 valence electrons. The zero-order valence-corrected chi connectivity index (χ0v) is 15.4. The largest absolute Gasteiger partial charge is 0.435 e. The Morgan fingerprint density at radius 2 is 1.70 bits per heavy atom. The molecule has 0 aliphatic carbocycles. The van der Waals surface area contributed by atoms with Crippen LogP contribution in [-0.2, 0) is 13.0 Å². The normalized spacial score (nSPS) is 14.1. The molecule has 3 aromatic rings. The van der Waals surface area contributed by atoms with Crippen LogP contribution in [0.4, 0.5) is 8.78 Å². The van der Waals surface area contributed by atoms with Gasteiger partial charge in [0.05, 0.1) is 6.54 Å². The number of aryl methyl sites for hydroxylation is 1. The maximum atomic E-state index is 12.4. The standard InChI is InChI=1S/C22H23F2N2O/c1-16-6-10-18(11-7-16)26-15-20(25-14-4-2-3-5-21(25)26)17-8-12-19(13-9-17)27-22(23)24/h6-13,15,22H,2-5,14H2,1H3/q+1. The van der Waals surface area contributed by atoms with E-state index in [1.54, 1.807) is 12.1 Å². The third-order valence-corrected chi connectivity index (χ3v) is 5.10. The monoisotopic (exact) mass is 369 g/mol. The Morgan fingerprint density at radius 1 is 0.963 bits per heavy atom. The zero-order valence-electron chi connectivity index (χ0n) is 15.4. The first-order valence-corrected chi connectivity index (χ1v) is 9.38. The van der Waals surface area contributed by atoms with E-state index in [1.807, 2.05) is 12.1 Å². The van der Waals surface area contributed by atoms with Gasteiger partial charge in [-0.15, -0.1) is 0 Å². The van der Waals surface area contributed by atoms with Crippen LogP contribution in [-0.4, -0.2) is 11.2 Å². The summed E-state index contributed by atoms with van der Waals surface area (Å²) < 4.78 is 33.9. The number of aromatic nitrogens is 2. The molecule has 0 atom stereocenters. The number of alkyl halides is 2. The van der Waals surface area contributed by atoms with E-state index in [2.05, 4.69) is 51.3 Å².